The molecule has 1 heterocycles. The van der Waals surface area contributed by atoms with E-state index < -0.39 is 26.7 Å². The second-order valence-electron chi connectivity index (χ2n) is 9.65. The number of aromatic nitrogens is 1. The number of nitrogens with zero attached hydrogens (tertiary/aromatic N) is 2. The normalized spacial score (nSPS) is 16.8. The Bertz CT molecular complexity index is 1680. The summed E-state index contributed by atoms with van der Waals surface area (Å²) in [5.74, 6) is -2.25. The first kappa shape index (κ1) is 26.0. The van der Waals surface area contributed by atoms with E-state index in [2.05, 4.69) is 4.98 Å². The number of halogens is 2. The second-order valence-corrected chi connectivity index (χ2v) is 12.2. The summed E-state index contributed by atoms with van der Waals surface area (Å²) in [4.78, 5) is 18.0. The predicted octanol–water partition coefficient (Wildman–Crippen LogP) is 5.60. The van der Waals surface area contributed by atoms with E-state index in [4.69, 9.17) is 11.6 Å². The van der Waals surface area contributed by atoms with Crippen LogP contribution < -0.4 is 0 Å². The molecule has 2 atom stereocenters. The van der Waals surface area contributed by atoms with Gasteiger partial charge in [-0.15, -0.1) is 0 Å². The van der Waals surface area contributed by atoms with Crippen molar-refractivity contribution >= 4 is 38.2 Å². The molecule has 38 heavy (non-hydrogen) atoms. The molecule has 1 aliphatic carbocycles. The predicted molar refractivity (Wildman–Crippen MR) is 144 cm³/mol. The standard InChI is InChI=1S/C29H25ClFN3O3S/c1-34(18-20-7-5-6-19(14-20)17-32)28(35)29(31,38(36,37)23-8-3-2-4-9-23)21-10-12-24-25-16-22(30)11-13-26(25)33-27(24)15-21/h2-9,11,13-14,16,21,33H,10,12,15,18H2,1H3. The van der Waals surface area contributed by atoms with Gasteiger partial charge in [-0.2, -0.15) is 5.26 Å². The maximum atomic E-state index is 17.4. The lowest BCUT2D eigenvalue weighted by Gasteiger charge is -2.37. The SMILES string of the molecule is CN(Cc1cccc(C#N)c1)C(=O)C(F)(C1CCc2c([nH]c3ccc(Cl)cc23)C1)S(=O)(=O)c1ccccc1. The molecule has 1 N–H and O–H groups in total. The van der Waals surface area contributed by atoms with Gasteiger partial charge in [0.1, 0.15) is 0 Å². The molecule has 2 unspecified atom stereocenters. The lowest BCUT2D eigenvalue weighted by Crippen LogP contribution is -2.55. The highest BCUT2D eigenvalue weighted by atomic mass is 35.5. The Balaban J connectivity index is 1.56. The first-order valence-electron chi connectivity index (χ1n) is 12.2. The lowest BCUT2D eigenvalue weighted by molar-refractivity contribution is -0.141. The molecule has 4 aromatic rings. The Kier molecular flexibility index (Phi) is 6.76. The highest BCUT2D eigenvalue weighted by Gasteiger charge is 2.59. The summed E-state index contributed by atoms with van der Waals surface area (Å²) in [7, 11) is -3.35. The zero-order valence-corrected chi connectivity index (χ0v) is 22.2. The summed E-state index contributed by atoms with van der Waals surface area (Å²) in [5.41, 5.74) is 3.49. The minimum absolute atomic E-state index is 0.0484. The fourth-order valence-corrected chi connectivity index (χ4v) is 7.40. The van der Waals surface area contributed by atoms with Crippen LogP contribution in [-0.2, 0) is 34.0 Å². The molecule has 5 rings (SSSR count). The van der Waals surface area contributed by atoms with Gasteiger partial charge in [-0.05, 0) is 72.9 Å². The van der Waals surface area contributed by atoms with Crippen molar-refractivity contribution in [3.8, 4) is 6.07 Å². The molecule has 0 spiro atoms. The highest BCUT2D eigenvalue weighted by molar-refractivity contribution is 7.93. The molecule has 1 aliphatic rings. The number of hydrogen-bond acceptors (Lipinski definition) is 4. The fourth-order valence-electron chi connectivity index (χ4n) is 5.34. The van der Waals surface area contributed by atoms with Gasteiger partial charge in [0.15, 0.2) is 0 Å². The molecule has 0 radical (unpaired) electrons. The van der Waals surface area contributed by atoms with Crippen molar-refractivity contribution in [2.45, 2.75) is 35.7 Å². The van der Waals surface area contributed by atoms with Gasteiger partial charge in [-0.1, -0.05) is 41.9 Å². The number of fused-ring (bicyclic) bond motifs is 3. The number of aryl methyl sites for hydroxylation is 1. The van der Waals surface area contributed by atoms with E-state index in [1.165, 1.54) is 31.3 Å². The van der Waals surface area contributed by atoms with Gasteiger partial charge in [-0.25, -0.2) is 12.8 Å². The maximum Gasteiger partial charge on any atom is 0.295 e. The van der Waals surface area contributed by atoms with Gasteiger partial charge in [0.05, 0.1) is 16.5 Å². The van der Waals surface area contributed by atoms with E-state index in [0.717, 1.165) is 21.4 Å². The van der Waals surface area contributed by atoms with Gasteiger partial charge in [-0.3, -0.25) is 4.79 Å². The summed E-state index contributed by atoms with van der Waals surface area (Å²) in [6.45, 7) is -0.0484. The number of carbonyl (C=O) groups excluding carboxylic acids is 1. The topological polar surface area (TPSA) is 94.0 Å². The van der Waals surface area contributed by atoms with Crippen molar-refractivity contribution < 1.29 is 17.6 Å². The number of H-pyrrole nitrogens is 1. The smallest absolute Gasteiger partial charge is 0.295 e. The molecule has 0 aliphatic heterocycles. The summed E-state index contributed by atoms with van der Waals surface area (Å²) in [6, 6.07) is 21.3. The Morgan fingerprint density at radius 2 is 1.92 bits per heavy atom. The minimum atomic E-state index is -4.73. The third-order valence-electron chi connectivity index (χ3n) is 7.23. The van der Waals surface area contributed by atoms with Crippen molar-refractivity contribution in [3.05, 3.63) is 100 Å². The van der Waals surface area contributed by atoms with Crippen LogP contribution in [0.3, 0.4) is 0 Å². The average Bonchev–Trinajstić information content (AvgIpc) is 3.29. The van der Waals surface area contributed by atoms with Crippen LogP contribution in [-0.4, -0.2) is 36.3 Å². The molecule has 9 heteroatoms. The van der Waals surface area contributed by atoms with Gasteiger partial charge in [0.25, 0.3) is 10.9 Å². The number of sulfone groups is 1. The van der Waals surface area contributed by atoms with Crippen LogP contribution in [0.4, 0.5) is 4.39 Å². The summed E-state index contributed by atoms with van der Waals surface area (Å²) in [6.07, 6.45) is 0.615. The Morgan fingerprint density at radius 1 is 1.16 bits per heavy atom. The van der Waals surface area contributed by atoms with Crippen LogP contribution in [0, 0.1) is 17.2 Å². The van der Waals surface area contributed by atoms with Crippen LogP contribution in [0.25, 0.3) is 10.9 Å². The molecular formula is C29H25ClFN3O3S. The molecular weight excluding hydrogens is 525 g/mol. The monoisotopic (exact) mass is 549 g/mol. The van der Waals surface area contributed by atoms with E-state index in [9.17, 15) is 18.5 Å². The Morgan fingerprint density at radius 3 is 2.66 bits per heavy atom. The van der Waals surface area contributed by atoms with Gasteiger partial charge >= 0.3 is 0 Å². The van der Waals surface area contributed by atoms with Gasteiger partial charge in [0.2, 0.25) is 9.84 Å². The van der Waals surface area contributed by atoms with Gasteiger partial charge in [0, 0.05) is 41.1 Å². The molecule has 1 aromatic heterocycles. The van der Waals surface area contributed by atoms with Crippen molar-refractivity contribution in [2.24, 2.45) is 5.92 Å². The second kappa shape index (κ2) is 9.90. The first-order chi connectivity index (χ1) is 18.1. The number of amides is 1. The molecule has 6 nitrogen and oxygen atoms in total. The van der Waals surface area contributed by atoms with Crippen molar-refractivity contribution in [2.75, 3.05) is 7.05 Å². The molecule has 1 amide bonds. The number of alkyl halides is 1. The summed E-state index contributed by atoms with van der Waals surface area (Å²) in [5, 5.41) is 7.49. The van der Waals surface area contributed by atoms with Crippen molar-refractivity contribution in [1.82, 2.24) is 9.88 Å². The largest absolute Gasteiger partial charge is 0.358 e. The van der Waals surface area contributed by atoms with Crippen LogP contribution in [0.2, 0.25) is 5.02 Å². The maximum absolute atomic E-state index is 17.4. The number of carbonyl (C=O) groups is 1. The highest BCUT2D eigenvalue weighted by Crippen LogP contribution is 2.44. The number of rotatable bonds is 6. The van der Waals surface area contributed by atoms with Crippen LogP contribution in [0.5, 0.6) is 0 Å². The van der Waals surface area contributed by atoms with E-state index >= 15 is 4.39 Å². The third-order valence-corrected chi connectivity index (χ3v) is 9.65. The summed E-state index contributed by atoms with van der Waals surface area (Å²) >= 11 is 6.19. The minimum Gasteiger partial charge on any atom is -0.358 e. The average molecular weight is 550 g/mol. The first-order valence-corrected chi connectivity index (χ1v) is 14.0. The van der Waals surface area contributed by atoms with E-state index in [0.29, 0.717) is 28.3 Å². The van der Waals surface area contributed by atoms with E-state index in [1.807, 2.05) is 18.2 Å². The fraction of sp³-hybridized carbons (Fsp3) is 0.241. The van der Waals surface area contributed by atoms with Crippen LogP contribution in [0.1, 0.15) is 28.8 Å². The summed E-state index contributed by atoms with van der Waals surface area (Å²) < 4.78 is 45.2. The molecule has 0 bridgehead atoms. The number of aromatic amines is 1. The molecule has 0 saturated carbocycles. The van der Waals surface area contributed by atoms with E-state index in [1.54, 1.807) is 36.4 Å². The van der Waals surface area contributed by atoms with Crippen LogP contribution >= 0.6 is 11.6 Å². The number of nitriles is 1. The quantitative estimate of drug-likeness (QED) is 0.339. The molecule has 0 fully saturated rings. The van der Waals surface area contributed by atoms with Crippen molar-refractivity contribution in [3.63, 3.8) is 0 Å². The van der Waals surface area contributed by atoms with Gasteiger partial charge < -0.3 is 9.88 Å². The number of hydrogen-bond donors (Lipinski definition) is 1. The van der Waals surface area contributed by atoms with Crippen LogP contribution in [0.15, 0.2) is 77.7 Å². The Hall–Kier alpha value is -3.67. The number of nitrogens with one attached hydrogen (secondary N) is 1. The molecule has 194 valence electrons. The van der Waals surface area contributed by atoms with E-state index in [-0.39, 0.29) is 24.3 Å². The molecule has 3 aromatic carbocycles. The lowest BCUT2D eigenvalue weighted by atomic mass is 9.83. The Labute approximate surface area is 225 Å². The molecule has 0 saturated heterocycles. The van der Waals surface area contributed by atoms with Crippen molar-refractivity contribution in [1.29, 1.82) is 5.26 Å². The zero-order chi connectivity index (χ0) is 27.1. The third kappa shape index (κ3) is 4.36. The number of benzene rings is 3. The zero-order valence-electron chi connectivity index (χ0n) is 20.6.